The maximum atomic E-state index is 11.8. The van der Waals surface area contributed by atoms with Gasteiger partial charge in [-0.2, -0.15) is 0 Å². The van der Waals surface area contributed by atoms with Crippen LogP contribution in [0, 0.1) is 5.92 Å². The molecule has 0 heterocycles. The Labute approximate surface area is 130 Å². The van der Waals surface area contributed by atoms with E-state index in [1.165, 1.54) is 0 Å². The lowest BCUT2D eigenvalue weighted by Crippen LogP contribution is -2.29. The molecule has 112 valence electrons. The second-order valence-electron chi connectivity index (χ2n) is 5.21. The zero-order chi connectivity index (χ0) is 15.1. The number of amides is 1. The minimum absolute atomic E-state index is 0.0153. The summed E-state index contributed by atoms with van der Waals surface area (Å²) < 4.78 is 0. The minimum atomic E-state index is -0.341. The first-order valence-electron chi connectivity index (χ1n) is 6.77. The standard InChI is InChI=1S/C15H21Cl2NO2/c1-10(8-11(2)19)9-18-14(20)7-6-12-4-3-5-13(16)15(12)17/h3-5,10-11,19H,6-9H2,1-2H3,(H,18,20). The molecule has 1 amide bonds. The van der Waals surface area contributed by atoms with Gasteiger partial charge in [-0.1, -0.05) is 42.3 Å². The number of nitrogens with one attached hydrogen (secondary N) is 1. The van der Waals surface area contributed by atoms with Crippen molar-refractivity contribution in [3.63, 3.8) is 0 Å². The molecule has 0 bridgehead atoms. The number of carbonyl (C=O) groups is 1. The summed E-state index contributed by atoms with van der Waals surface area (Å²) in [6.07, 6.45) is 1.28. The van der Waals surface area contributed by atoms with Crippen molar-refractivity contribution in [2.45, 2.75) is 39.2 Å². The molecule has 0 radical (unpaired) electrons. The Morgan fingerprint density at radius 2 is 2.05 bits per heavy atom. The molecule has 1 rings (SSSR count). The van der Waals surface area contributed by atoms with Gasteiger partial charge >= 0.3 is 0 Å². The predicted molar refractivity (Wildman–Crippen MR) is 83.3 cm³/mol. The summed E-state index contributed by atoms with van der Waals surface area (Å²) in [5, 5.41) is 13.2. The predicted octanol–water partition coefficient (Wildman–Crippen LogP) is 3.45. The highest BCUT2D eigenvalue weighted by molar-refractivity contribution is 6.42. The Hall–Kier alpha value is -0.770. The van der Waals surface area contributed by atoms with Crippen LogP contribution in [0.1, 0.15) is 32.3 Å². The van der Waals surface area contributed by atoms with Crippen molar-refractivity contribution in [3.8, 4) is 0 Å². The number of rotatable bonds is 7. The molecule has 1 aromatic carbocycles. The molecule has 20 heavy (non-hydrogen) atoms. The van der Waals surface area contributed by atoms with Gasteiger partial charge in [0.25, 0.3) is 0 Å². The molecule has 0 saturated carbocycles. The van der Waals surface area contributed by atoms with Crippen LogP contribution in [0.15, 0.2) is 18.2 Å². The summed E-state index contributed by atoms with van der Waals surface area (Å²) in [4.78, 5) is 11.8. The van der Waals surface area contributed by atoms with E-state index in [1.807, 2.05) is 19.1 Å². The van der Waals surface area contributed by atoms with Crippen molar-refractivity contribution in [1.29, 1.82) is 0 Å². The van der Waals surface area contributed by atoms with Crippen molar-refractivity contribution in [2.75, 3.05) is 6.54 Å². The molecule has 3 nitrogen and oxygen atoms in total. The molecular formula is C15H21Cl2NO2. The number of aryl methyl sites for hydroxylation is 1. The maximum Gasteiger partial charge on any atom is 0.220 e. The number of hydrogen-bond acceptors (Lipinski definition) is 2. The summed E-state index contributed by atoms with van der Waals surface area (Å²) in [6, 6.07) is 5.43. The highest BCUT2D eigenvalue weighted by Gasteiger charge is 2.10. The van der Waals surface area contributed by atoms with Crippen LogP contribution >= 0.6 is 23.2 Å². The zero-order valence-electron chi connectivity index (χ0n) is 11.8. The molecule has 2 atom stereocenters. The van der Waals surface area contributed by atoms with E-state index in [9.17, 15) is 9.90 Å². The molecule has 0 aromatic heterocycles. The average Bonchev–Trinajstić information content (AvgIpc) is 2.37. The van der Waals surface area contributed by atoms with E-state index < -0.39 is 0 Å². The molecule has 0 saturated heterocycles. The highest BCUT2D eigenvalue weighted by Crippen LogP contribution is 2.26. The van der Waals surface area contributed by atoms with Crippen LogP contribution in [0.4, 0.5) is 0 Å². The lowest BCUT2D eigenvalue weighted by atomic mass is 10.0. The third kappa shape index (κ3) is 6.12. The van der Waals surface area contributed by atoms with Gasteiger partial charge in [0.1, 0.15) is 0 Å². The summed E-state index contributed by atoms with van der Waals surface area (Å²) >= 11 is 12.0. The Morgan fingerprint density at radius 1 is 1.35 bits per heavy atom. The Balaban J connectivity index is 2.35. The third-order valence-corrected chi connectivity index (χ3v) is 3.90. The Morgan fingerprint density at radius 3 is 2.70 bits per heavy atom. The first kappa shape index (κ1) is 17.3. The number of benzene rings is 1. The highest BCUT2D eigenvalue weighted by atomic mass is 35.5. The Kier molecular flexibility index (Phi) is 7.35. The van der Waals surface area contributed by atoms with Crippen LogP contribution in [0.3, 0.4) is 0 Å². The molecule has 0 fully saturated rings. The van der Waals surface area contributed by atoms with E-state index in [2.05, 4.69) is 5.32 Å². The summed E-state index contributed by atoms with van der Waals surface area (Å²) in [6.45, 7) is 4.33. The zero-order valence-corrected chi connectivity index (χ0v) is 13.3. The van der Waals surface area contributed by atoms with Gasteiger partial charge in [0, 0.05) is 13.0 Å². The second kappa shape index (κ2) is 8.50. The molecule has 0 aliphatic heterocycles. The van der Waals surface area contributed by atoms with Gasteiger partial charge in [-0.3, -0.25) is 4.79 Å². The fourth-order valence-electron chi connectivity index (χ4n) is 2.03. The minimum Gasteiger partial charge on any atom is -0.393 e. The van der Waals surface area contributed by atoms with E-state index in [0.717, 1.165) is 5.56 Å². The monoisotopic (exact) mass is 317 g/mol. The van der Waals surface area contributed by atoms with Gasteiger partial charge in [0.2, 0.25) is 5.91 Å². The Bertz CT molecular complexity index is 449. The summed E-state index contributed by atoms with van der Waals surface area (Å²) in [5.74, 6) is 0.243. The van der Waals surface area contributed by atoms with Crippen LogP contribution < -0.4 is 5.32 Å². The molecule has 0 aliphatic rings. The second-order valence-corrected chi connectivity index (χ2v) is 5.99. The molecule has 0 spiro atoms. The first-order valence-corrected chi connectivity index (χ1v) is 7.53. The lowest BCUT2D eigenvalue weighted by Gasteiger charge is -2.14. The number of carbonyl (C=O) groups excluding carboxylic acids is 1. The average molecular weight is 318 g/mol. The van der Waals surface area contributed by atoms with Crippen LogP contribution in [0.25, 0.3) is 0 Å². The van der Waals surface area contributed by atoms with Crippen molar-refractivity contribution in [1.82, 2.24) is 5.32 Å². The van der Waals surface area contributed by atoms with Crippen molar-refractivity contribution in [3.05, 3.63) is 33.8 Å². The number of hydrogen-bond donors (Lipinski definition) is 2. The maximum absolute atomic E-state index is 11.8. The molecular weight excluding hydrogens is 297 g/mol. The number of aliphatic hydroxyl groups excluding tert-OH is 1. The summed E-state index contributed by atoms with van der Waals surface area (Å²) in [7, 11) is 0. The van der Waals surface area contributed by atoms with E-state index in [4.69, 9.17) is 23.2 Å². The lowest BCUT2D eigenvalue weighted by molar-refractivity contribution is -0.121. The van der Waals surface area contributed by atoms with Gasteiger partial charge in [0.05, 0.1) is 16.1 Å². The van der Waals surface area contributed by atoms with Crippen molar-refractivity contribution < 1.29 is 9.90 Å². The third-order valence-electron chi connectivity index (χ3n) is 3.04. The van der Waals surface area contributed by atoms with Gasteiger partial charge in [-0.25, -0.2) is 0 Å². The van der Waals surface area contributed by atoms with Crippen molar-refractivity contribution >= 4 is 29.1 Å². The van der Waals surface area contributed by atoms with Gasteiger partial charge < -0.3 is 10.4 Å². The molecule has 1 aromatic rings. The van der Waals surface area contributed by atoms with E-state index in [1.54, 1.807) is 13.0 Å². The first-order chi connectivity index (χ1) is 9.40. The topological polar surface area (TPSA) is 49.3 Å². The van der Waals surface area contributed by atoms with Crippen LogP contribution in [-0.4, -0.2) is 23.7 Å². The van der Waals surface area contributed by atoms with Gasteiger partial charge in [0.15, 0.2) is 0 Å². The molecule has 0 aliphatic carbocycles. The SMILES string of the molecule is CC(O)CC(C)CNC(=O)CCc1cccc(Cl)c1Cl. The largest absolute Gasteiger partial charge is 0.393 e. The molecule has 2 unspecified atom stereocenters. The summed E-state index contributed by atoms with van der Waals surface area (Å²) in [5.41, 5.74) is 0.881. The number of aliphatic hydroxyl groups is 1. The number of halogens is 2. The fourth-order valence-corrected chi connectivity index (χ4v) is 2.45. The van der Waals surface area contributed by atoms with Gasteiger partial charge in [-0.15, -0.1) is 0 Å². The fraction of sp³-hybridized carbons (Fsp3) is 0.533. The van der Waals surface area contributed by atoms with E-state index in [-0.39, 0.29) is 17.9 Å². The van der Waals surface area contributed by atoms with Crippen molar-refractivity contribution in [2.24, 2.45) is 5.92 Å². The quantitative estimate of drug-likeness (QED) is 0.809. The van der Waals surface area contributed by atoms with E-state index >= 15 is 0 Å². The van der Waals surface area contributed by atoms with Crippen LogP contribution in [0.5, 0.6) is 0 Å². The van der Waals surface area contributed by atoms with Crippen LogP contribution in [-0.2, 0) is 11.2 Å². The normalized spacial score (nSPS) is 13.8. The molecule has 5 heteroatoms. The smallest absolute Gasteiger partial charge is 0.220 e. The molecule has 2 N–H and O–H groups in total. The van der Waals surface area contributed by atoms with Gasteiger partial charge in [-0.05, 0) is 37.3 Å². The van der Waals surface area contributed by atoms with E-state index in [0.29, 0.717) is 35.9 Å². The van der Waals surface area contributed by atoms with Crippen LogP contribution in [0.2, 0.25) is 10.0 Å².